The summed E-state index contributed by atoms with van der Waals surface area (Å²) < 4.78 is 17.0. The third-order valence-electron chi connectivity index (χ3n) is 5.41. The number of carbonyl (C=O) groups is 1. The van der Waals surface area contributed by atoms with Gasteiger partial charge in [-0.25, -0.2) is 9.37 Å². The molecule has 1 aromatic carbocycles. The fourth-order valence-corrected chi connectivity index (χ4v) is 4.04. The molecule has 0 atom stereocenters. The van der Waals surface area contributed by atoms with Crippen LogP contribution in [0.3, 0.4) is 0 Å². The van der Waals surface area contributed by atoms with Crippen molar-refractivity contribution in [1.29, 1.82) is 0 Å². The Morgan fingerprint density at radius 1 is 1.10 bits per heavy atom. The zero-order valence-corrected chi connectivity index (χ0v) is 17.2. The van der Waals surface area contributed by atoms with E-state index in [0.29, 0.717) is 17.9 Å². The van der Waals surface area contributed by atoms with Gasteiger partial charge in [0.2, 0.25) is 0 Å². The molecule has 0 saturated heterocycles. The van der Waals surface area contributed by atoms with Gasteiger partial charge in [-0.1, -0.05) is 18.2 Å². The van der Waals surface area contributed by atoms with Gasteiger partial charge < -0.3 is 0 Å². The van der Waals surface area contributed by atoms with E-state index < -0.39 is 0 Å². The van der Waals surface area contributed by atoms with Gasteiger partial charge in [-0.15, -0.1) is 0 Å². The molecule has 0 spiro atoms. The third kappa shape index (κ3) is 3.48. The summed E-state index contributed by atoms with van der Waals surface area (Å²) in [6.45, 7) is 4.48. The van der Waals surface area contributed by atoms with Crippen LogP contribution in [0.15, 0.2) is 60.9 Å². The van der Waals surface area contributed by atoms with E-state index in [1.165, 1.54) is 24.5 Å². The Hall–Kier alpha value is -3.87. The molecule has 31 heavy (non-hydrogen) atoms. The molecule has 4 aromatic heterocycles. The van der Waals surface area contributed by atoms with Crippen molar-refractivity contribution in [2.45, 2.75) is 26.8 Å². The molecule has 4 heterocycles. The minimum Gasteiger partial charge on any atom is -0.297 e. The summed E-state index contributed by atoms with van der Waals surface area (Å²) in [6, 6.07) is 14.5. The van der Waals surface area contributed by atoms with Crippen LogP contribution in [0.2, 0.25) is 0 Å². The van der Waals surface area contributed by atoms with E-state index in [2.05, 4.69) is 9.97 Å². The number of imidazole rings is 1. The molecule has 0 saturated carbocycles. The van der Waals surface area contributed by atoms with Crippen LogP contribution in [0.1, 0.15) is 33.1 Å². The highest BCUT2D eigenvalue weighted by Gasteiger charge is 2.18. The van der Waals surface area contributed by atoms with Crippen LogP contribution in [-0.4, -0.2) is 29.9 Å². The summed E-state index contributed by atoms with van der Waals surface area (Å²) in [5.41, 5.74) is 5.48. The second-order valence-corrected chi connectivity index (χ2v) is 7.64. The highest BCUT2D eigenvalue weighted by molar-refractivity contribution is 5.99. The lowest BCUT2D eigenvalue weighted by atomic mass is 10.0. The van der Waals surface area contributed by atoms with Gasteiger partial charge in [0.15, 0.2) is 5.78 Å². The number of pyridine rings is 2. The molecule has 0 fully saturated rings. The van der Waals surface area contributed by atoms with Gasteiger partial charge in [0.1, 0.15) is 17.2 Å². The number of halogens is 1. The van der Waals surface area contributed by atoms with Gasteiger partial charge in [0.05, 0.1) is 29.6 Å². The van der Waals surface area contributed by atoms with Crippen molar-refractivity contribution in [3.63, 3.8) is 0 Å². The molecular weight excluding hydrogens is 393 g/mol. The Kier molecular flexibility index (Phi) is 4.58. The van der Waals surface area contributed by atoms with Crippen LogP contribution in [-0.2, 0) is 13.0 Å². The Bertz CT molecular complexity index is 1450. The lowest BCUT2D eigenvalue weighted by Crippen LogP contribution is -2.07. The first-order chi connectivity index (χ1) is 15.0. The molecule has 0 N–H and O–H groups in total. The van der Waals surface area contributed by atoms with E-state index in [4.69, 9.17) is 5.10 Å². The van der Waals surface area contributed by atoms with E-state index in [0.717, 1.165) is 33.5 Å². The number of aromatic nitrogens is 5. The first-order valence-electron chi connectivity index (χ1n) is 10.0. The molecule has 5 rings (SSSR count). The van der Waals surface area contributed by atoms with Crippen molar-refractivity contribution in [1.82, 2.24) is 24.1 Å². The molecule has 0 unspecified atom stereocenters. The van der Waals surface area contributed by atoms with Crippen molar-refractivity contribution in [2.24, 2.45) is 0 Å². The first-order valence-corrected chi connectivity index (χ1v) is 10.0. The van der Waals surface area contributed by atoms with Crippen LogP contribution in [0.5, 0.6) is 0 Å². The topological polar surface area (TPSA) is 65.1 Å². The number of nitrogens with zero attached hydrogens (tertiary/aromatic N) is 5. The maximum atomic E-state index is 13.4. The van der Waals surface area contributed by atoms with Crippen molar-refractivity contribution < 1.29 is 9.18 Å². The molecule has 7 heteroatoms. The highest BCUT2D eigenvalue weighted by atomic mass is 19.1. The number of Topliss-reactive ketones (excluding diaryl/α,β-unsaturated/α-hetero) is 1. The van der Waals surface area contributed by atoms with Crippen LogP contribution in [0.25, 0.3) is 16.6 Å². The zero-order chi connectivity index (χ0) is 21.5. The van der Waals surface area contributed by atoms with Gasteiger partial charge in [-0.05, 0) is 43.7 Å². The van der Waals surface area contributed by atoms with Gasteiger partial charge >= 0.3 is 0 Å². The number of aryl methyl sites for hydroxylation is 2. The van der Waals surface area contributed by atoms with Crippen LogP contribution >= 0.6 is 0 Å². The molecule has 0 bridgehead atoms. The minimum absolute atomic E-state index is 0.0842. The Balaban J connectivity index is 1.50. The standard InChI is InChI=1S/C24H20FN5O/c1-15-5-3-7-19(27-15)14-30-20-8-4-6-17(24(20)16(2)28-30)11-22(31)21-13-26-23-12-18(25)9-10-29(21)23/h3-10,12-13H,11,14H2,1-2H3. The SMILES string of the molecule is Cc1cccc(Cn2nc(C)c3c(CC(=O)c4cnc5cc(F)ccn45)cccc32)n1. The van der Waals surface area contributed by atoms with Crippen LogP contribution < -0.4 is 0 Å². The molecule has 0 aliphatic carbocycles. The van der Waals surface area contributed by atoms with E-state index in [9.17, 15) is 9.18 Å². The summed E-state index contributed by atoms with van der Waals surface area (Å²) >= 11 is 0. The number of hydrogen-bond donors (Lipinski definition) is 0. The lowest BCUT2D eigenvalue weighted by Gasteiger charge is -2.06. The summed E-state index contributed by atoms with van der Waals surface area (Å²) in [7, 11) is 0. The molecule has 0 aliphatic rings. The molecule has 6 nitrogen and oxygen atoms in total. The number of benzene rings is 1. The molecule has 0 radical (unpaired) electrons. The highest BCUT2D eigenvalue weighted by Crippen LogP contribution is 2.25. The third-order valence-corrected chi connectivity index (χ3v) is 5.41. The van der Waals surface area contributed by atoms with Gasteiger partial charge in [0, 0.05) is 29.8 Å². The maximum Gasteiger partial charge on any atom is 0.185 e. The van der Waals surface area contributed by atoms with E-state index in [-0.39, 0.29) is 18.0 Å². The maximum absolute atomic E-state index is 13.4. The largest absolute Gasteiger partial charge is 0.297 e. The Labute approximate surface area is 178 Å². The number of ketones is 1. The molecule has 154 valence electrons. The predicted molar refractivity (Wildman–Crippen MR) is 116 cm³/mol. The molecule has 5 aromatic rings. The van der Waals surface area contributed by atoms with E-state index >= 15 is 0 Å². The molecular formula is C24H20FN5O. The molecule has 0 aliphatic heterocycles. The van der Waals surface area contributed by atoms with Gasteiger partial charge in [-0.3, -0.25) is 18.9 Å². The first kappa shape index (κ1) is 19.1. The van der Waals surface area contributed by atoms with Crippen LogP contribution in [0.4, 0.5) is 4.39 Å². The van der Waals surface area contributed by atoms with E-state index in [1.54, 1.807) is 4.40 Å². The summed E-state index contributed by atoms with van der Waals surface area (Å²) in [5, 5.41) is 5.69. The predicted octanol–water partition coefficient (Wildman–Crippen LogP) is 4.31. The van der Waals surface area contributed by atoms with E-state index in [1.807, 2.05) is 54.9 Å². The van der Waals surface area contributed by atoms with Gasteiger partial charge in [0.25, 0.3) is 0 Å². The fourth-order valence-electron chi connectivity index (χ4n) is 4.04. The number of fused-ring (bicyclic) bond motifs is 2. The van der Waals surface area contributed by atoms with Crippen molar-refractivity contribution in [2.75, 3.05) is 0 Å². The second-order valence-electron chi connectivity index (χ2n) is 7.64. The number of hydrogen-bond acceptors (Lipinski definition) is 4. The molecule has 0 amide bonds. The fraction of sp³-hybridized carbons (Fsp3) is 0.167. The summed E-state index contributed by atoms with van der Waals surface area (Å²) in [6.07, 6.45) is 3.23. The Morgan fingerprint density at radius 2 is 1.94 bits per heavy atom. The monoisotopic (exact) mass is 413 g/mol. The minimum atomic E-state index is -0.381. The second kappa shape index (κ2) is 7.43. The van der Waals surface area contributed by atoms with Crippen molar-refractivity contribution >= 4 is 22.3 Å². The lowest BCUT2D eigenvalue weighted by molar-refractivity contribution is 0.0987. The quantitative estimate of drug-likeness (QED) is 0.403. The number of rotatable bonds is 5. The summed E-state index contributed by atoms with van der Waals surface area (Å²) in [4.78, 5) is 21.8. The Morgan fingerprint density at radius 3 is 2.77 bits per heavy atom. The van der Waals surface area contributed by atoms with Gasteiger partial charge in [-0.2, -0.15) is 5.10 Å². The smallest absolute Gasteiger partial charge is 0.185 e. The van der Waals surface area contributed by atoms with Crippen LogP contribution in [0, 0.1) is 19.7 Å². The average Bonchev–Trinajstić information content (AvgIpc) is 3.29. The van der Waals surface area contributed by atoms with Crippen molar-refractivity contribution in [3.05, 3.63) is 95.1 Å². The average molecular weight is 413 g/mol. The normalized spacial score (nSPS) is 11.5. The van der Waals surface area contributed by atoms with Crippen molar-refractivity contribution in [3.8, 4) is 0 Å². The number of carbonyl (C=O) groups excluding carboxylic acids is 1. The summed E-state index contributed by atoms with van der Waals surface area (Å²) in [5.74, 6) is -0.466. The zero-order valence-electron chi connectivity index (χ0n) is 17.2.